The first-order chi connectivity index (χ1) is 7.77. The van der Waals surface area contributed by atoms with Crippen molar-refractivity contribution in [2.24, 2.45) is 17.6 Å². The van der Waals surface area contributed by atoms with Gasteiger partial charge in [0, 0.05) is 6.04 Å². The van der Waals surface area contributed by atoms with Crippen molar-refractivity contribution in [1.29, 1.82) is 0 Å². The molecular formula is C15H31N. The van der Waals surface area contributed by atoms with Gasteiger partial charge in [-0.15, -0.1) is 0 Å². The topological polar surface area (TPSA) is 26.0 Å². The summed E-state index contributed by atoms with van der Waals surface area (Å²) in [5.41, 5.74) is 6.28. The van der Waals surface area contributed by atoms with Crippen molar-refractivity contribution in [2.75, 3.05) is 0 Å². The molecule has 16 heavy (non-hydrogen) atoms. The highest BCUT2D eigenvalue weighted by molar-refractivity contribution is 4.79. The van der Waals surface area contributed by atoms with Crippen LogP contribution < -0.4 is 5.73 Å². The lowest BCUT2D eigenvalue weighted by Gasteiger charge is -2.32. The molecule has 1 heteroatoms. The number of unbranched alkanes of at least 4 members (excludes halogenated alkanes) is 2. The Morgan fingerprint density at radius 3 is 2.19 bits per heavy atom. The van der Waals surface area contributed by atoms with Gasteiger partial charge in [0.05, 0.1) is 0 Å². The van der Waals surface area contributed by atoms with E-state index in [0.29, 0.717) is 6.04 Å². The van der Waals surface area contributed by atoms with Crippen molar-refractivity contribution in [3.63, 3.8) is 0 Å². The van der Waals surface area contributed by atoms with Gasteiger partial charge >= 0.3 is 0 Å². The van der Waals surface area contributed by atoms with Crippen LogP contribution in [0.5, 0.6) is 0 Å². The molecule has 96 valence electrons. The van der Waals surface area contributed by atoms with Gasteiger partial charge in [0.25, 0.3) is 0 Å². The SMILES string of the molecule is CCCCC1CCC(C(N)CCCC)CC1. The zero-order chi connectivity index (χ0) is 11.8. The third kappa shape index (κ3) is 4.86. The van der Waals surface area contributed by atoms with Crippen molar-refractivity contribution in [1.82, 2.24) is 0 Å². The van der Waals surface area contributed by atoms with Crippen LogP contribution in [0.4, 0.5) is 0 Å². The maximum Gasteiger partial charge on any atom is 0.00671 e. The van der Waals surface area contributed by atoms with E-state index in [-0.39, 0.29) is 0 Å². The molecule has 1 atom stereocenters. The van der Waals surface area contributed by atoms with Gasteiger partial charge in [0.2, 0.25) is 0 Å². The van der Waals surface area contributed by atoms with E-state index in [0.717, 1.165) is 11.8 Å². The average Bonchev–Trinajstić information content (AvgIpc) is 2.34. The third-order valence-corrected chi connectivity index (χ3v) is 4.35. The number of rotatable bonds is 7. The highest BCUT2D eigenvalue weighted by atomic mass is 14.6. The van der Waals surface area contributed by atoms with Crippen LogP contribution in [-0.4, -0.2) is 6.04 Å². The lowest BCUT2D eigenvalue weighted by Crippen LogP contribution is -2.33. The molecular weight excluding hydrogens is 194 g/mol. The molecule has 0 radical (unpaired) electrons. The molecule has 1 aliphatic rings. The minimum absolute atomic E-state index is 0.493. The van der Waals surface area contributed by atoms with Crippen LogP contribution in [0.2, 0.25) is 0 Å². The second-order valence-electron chi connectivity index (χ2n) is 5.73. The van der Waals surface area contributed by atoms with Crippen LogP contribution >= 0.6 is 0 Å². The first-order valence-corrected chi connectivity index (χ1v) is 7.53. The summed E-state index contributed by atoms with van der Waals surface area (Å²) in [6.07, 6.45) is 13.8. The van der Waals surface area contributed by atoms with Crippen LogP contribution in [0.1, 0.15) is 78.1 Å². The van der Waals surface area contributed by atoms with Gasteiger partial charge in [-0.3, -0.25) is 0 Å². The standard InChI is InChI=1S/C15H31N/c1-3-5-7-13-9-11-14(12-10-13)15(16)8-6-4-2/h13-15H,3-12,16H2,1-2H3. The Labute approximate surface area is 102 Å². The molecule has 0 aromatic rings. The van der Waals surface area contributed by atoms with E-state index in [4.69, 9.17) is 5.73 Å². The molecule has 2 N–H and O–H groups in total. The third-order valence-electron chi connectivity index (χ3n) is 4.35. The Morgan fingerprint density at radius 1 is 1.00 bits per heavy atom. The molecule has 1 rings (SSSR count). The van der Waals surface area contributed by atoms with Crippen LogP contribution in [-0.2, 0) is 0 Å². The predicted octanol–water partition coefficient (Wildman–Crippen LogP) is 4.50. The summed E-state index contributed by atoms with van der Waals surface area (Å²) in [4.78, 5) is 0. The van der Waals surface area contributed by atoms with E-state index >= 15 is 0 Å². The van der Waals surface area contributed by atoms with Crippen LogP contribution in [0.15, 0.2) is 0 Å². The Kier molecular flexibility index (Phi) is 7.11. The summed E-state index contributed by atoms with van der Waals surface area (Å²) in [6.45, 7) is 4.56. The van der Waals surface area contributed by atoms with Crippen LogP contribution in [0.25, 0.3) is 0 Å². The fourth-order valence-corrected chi connectivity index (χ4v) is 3.07. The molecule has 0 heterocycles. The maximum atomic E-state index is 6.28. The van der Waals surface area contributed by atoms with E-state index < -0.39 is 0 Å². The lowest BCUT2D eigenvalue weighted by molar-refractivity contribution is 0.225. The molecule has 1 fully saturated rings. The van der Waals surface area contributed by atoms with Crippen molar-refractivity contribution in [3.05, 3.63) is 0 Å². The molecule has 0 aliphatic heterocycles. The molecule has 0 saturated heterocycles. The van der Waals surface area contributed by atoms with E-state index in [2.05, 4.69) is 13.8 Å². The van der Waals surface area contributed by atoms with E-state index in [1.807, 2.05) is 0 Å². The number of nitrogens with two attached hydrogens (primary N) is 1. The predicted molar refractivity (Wildman–Crippen MR) is 72.5 cm³/mol. The van der Waals surface area contributed by atoms with Gasteiger partial charge in [0.1, 0.15) is 0 Å². The van der Waals surface area contributed by atoms with Gasteiger partial charge in [-0.05, 0) is 31.1 Å². The van der Waals surface area contributed by atoms with Gasteiger partial charge in [-0.2, -0.15) is 0 Å². The largest absolute Gasteiger partial charge is 0.327 e. The zero-order valence-electron chi connectivity index (χ0n) is 11.4. The summed E-state index contributed by atoms with van der Waals surface area (Å²) in [6, 6.07) is 0.493. The molecule has 0 spiro atoms. The molecule has 1 aliphatic carbocycles. The Balaban J connectivity index is 2.15. The summed E-state index contributed by atoms with van der Waals surface area (Å²) >= 11 is 0. The minimum atomic E-state index is 0.493. The monoisotopic (exact) mass is 225 g/mol. The molecule has 0 bridgehead atoms. The molecule has 1 nitrogen and oxygen atoms in total. The van der Waals surface area contributed by atoms with Crippen molar-refractivity contribution < 1.29 is 0 Å². The molecule has 0 amide bonds. The summed E-state index contributed by atoms with van der Waals surface area (Å²) in [7, 11) is 0. The van der Waals surface area contributed by atoms with Crippen molar-refractivity contribution in [3.8, 4) is 0 Å². The second kappa shape index (κ2) is 8.11. The quantitative estimate of drug-likeness (QED) is 0.678. The van der Waals surface area contributed by atoms with Crippen molar-refractivity contribution in [2.45, 2.75) is 84.1 Å². The van der Waals surface area contributed by atoms with Gasteiger partial charge in [-0.25, -0.2) is 0 Å². The zero-order valence-corrected chi connectivity index (χ0v) is 11.4. The Bertz CT molecular complexity index is 159. The summed E-state index contributed by atoms with van der Waals surface area (Å²) in [5, 5.41) is 0. The Hall–Kier alpha value is -0.0400. The maximum absolute atomic E-state index is 6.28. The highest BCUT2D eigenvalue weighted by Gasteiger charge is 2.24. The van der Waals surface area contributed by atoms with E-state index in [9.17, 15) is 0 Å². The van der Waals surface area contributed by atoms with E-state index in [1.54, 1.807) is 0 Å². The fraction of sp³-hybridized carbons (Fsp3) is 1.00. The summed E-state index contributed by atoms with van der Waals surface area (Å²) < 4.78 is 0. The first kappa shape index (κ1) is 14.0. The first-order valence-electron chi connectivity index (χ1n) is 7.53. The van der Waals surface area contributed by atoms with Crippen LogP contribution in [0.3, 0.4) is 0 Å². The Morgan fingerprint density at radius 2 is 1.62 bits per heavy atom. The van der Waals surface area contributed by atoms with Gasteiger partial charge in [-0.1, -0.05) is 58.8 Å². The molecule has 1 saturated carbocycles. The smallest absolute Gasteiger partial charge is 0.00671 e. The normalized spacial score (nSPS) is 27.9. The summed E-state index contributed by atoms with van der Waals surface area (Å²) in [5.74, 6) is 1.86. The number of hydrogen-bond donors (Lipinski definition) is 1. The minimum Gasteiger partial charge on any atom is -0.327 e. The van der Waals surface area contributed by atoms with E-state index in [1.165, 1.54) is 64.2 Å². The molecule has 1 unspecified atom stereocenters. The average molecular weight is 225 g/mol. The fourth-order valence-electron chi connectivity index (χ4n) is 3.07. The number of hydrogen-bond acceptors (Lipinski definition) is 1. The van der Waals surface area contributed by atoms with Gasteiger partial charge in [0.15, 0.2) is 0 Å². The lowest BCUT2D eigenvalue weighted by atomic mass is 9.76. The van der Waals surface area contributed by atoms with Crippen LogP contribution in [0, 0.1) is 11.8 Å². The van der Waals surface area contributed by atoms with Gasteiger partial charge < -0.3 is 5.73 Å². The van der Waals surface area contributed by atoms with Crippen molar-refractivity contribution >= 4 is 0 Å². The highest BCUT2D eigenvalue weighted by Crippen LogP contribution is 2.33. The molecule has 0 aromatic heterocycles. The molecule has 0 aromatic carbocycles. The second-order valence-corrected chi connectivity index (χ2v) is 5.73.